The third-order valence-electron chi connectivity index (χ3n) is 2.44. The third-order valence-corrected chi connectivity index (χ3v) is 2.44. The van der Waals surface area contributed by atoms with Crippen molar-refractivity contribution >= 4 is 11.7 Å². The van der Waals surface area contributed by atoms with Crippen LogP contribution >= 0.6 is 0 Å². The Hall–Kier alpha value is -2.30. The standard InChI is InChI=1S/C13H15N3O2/c1-3-18-13(17)10-7-15-16(8-10)12-5-9(2)4-11(14)6-12/h4-8H,3,14H2,1-2H3. The van der Waals surface area contributed by atoms with Crippen molar-refractivity contribution in [2.45, 2.75) is 13.8 Å². The van der Waals surface area contributed by atoms with Crippen LogP contribution in [0.25, 0.3) is 5.69 Å². The van der Waals surface area contributed by atoms with Gasteiger partial charge in [-0.2, -0.15) is 5.10 Å². The van der Waals surface area contributed by atoms with E-state index in [1.807, 2.05) is 19.1 Å². The summed E-state index contributed by atoms with van der Waals surface area (Å²) in [5.74, 6) is -0.371. The molecule has 0 radical (unpaired) electrons. The van der Waals surface area contributed by atoms with Gasteiger partial charge in [-0.05, 0) is 37.6 Å². The summed E-state index contributed by atoms with van der Waals surface area (Å²) in [5, 5.41) is 4.13. The number of hydrogen-bond acceptors (Lipinski definition) is 4. The van der Waals surface area contributed by atoms with E-state index in [9.17, 15) is 4.79 Å². The Kier molecular flexibility index (Phi) is 3.32. The molecule has 0 aliphatic heterocycles. The summed E-state index contributed by atoms with van der Waals surface area (Å²) in [6, 6.07) is 5.62. The van der Waals surface area contributed by atoms with Gasteiger partial charge in [0.1, 0.15) is 0 Å². The van der Waals surface area contributed by atoms with E-state index in [4.69, 9.17) is 10.5 Å². The first-order chi connectivity index (χ1) is 8.60. The topological polar surface area (TPSA) is 70.1 Å². The van der Waals surface area contributed by atoms with Crippen molar-refractivity contribution in [1.29, 1.82) is 0 Å². The highest BCUT2D eigenvalue weighted by atomic mass is 16.5. The smallest absolute Gasteiger partial charge is 0.341 e. The molecule has 0 unspecified atom stereocenters. The molecule has 0 spiro atoms. The van der Waals surface area contributed by atoms with Crippen LogP contribution < -0.4 is 5.73 Å². The fourth-order valence-electron chi connectivity index (χ4n) is 1.71. The Morgan fingerprint density at radius 1 is 1.44 bits per heavy atom. The fraction of sp³-hybridized carbons (Fsp3) is 0.231. The van der Waals surface area contributed by atoms with Crippen LogP contribution in [0.3, 0.4) is 0 Å². The molecule has 2 rings (SSSR count). The molecule has 0 saturated heterocycles. The van der Waals surface area contributed by atoms with Crippen LogP contribution in [0.15, 0.2) is 30.6 Å². The van der Waals surface area contributed by atoms with E-state index in [2.05, 4.69) is 5.10 Å². The Bertz CT molecular complexity index is 555. The van der Waals surface area contributed by atoms with Gasteiger partial charge in [0, 0.05) is 11.9 Å². The van der Waals surface area contributed by atoms with Gasteiger partial charge in [-0.25, -0.2) is 9.48 Å². The molecule has 5 nitrogen and oxygen atoms in total. The van der Waals surface area contributed by atoms with Crippen LogP contribution in [0.1, 0.15) is 22.8 Å². The Balaban J connectivity index is 2.32. The summed E-state index contributed by atoms with van der Waals surface area (Å²) in [6.07, 6.45) is 3.11. The highest BCUT2D eigenvalue weighted by Gasteiger charge is 2.10. The fourth-order valence-corrected chi connectivity index (χ4v) is 1.71. The normalized spacial score (nSPS) is 10.3. The predicted octanol–water partition coefficient (Wildman–Crippen LogP) is 1.94. The van der Waals surface area contributed by atoms with Gasteiger partial charge in [-0.3, -0.25) is 0 Å². The van der Waals surface area contributed by atoms with Gasteiger partial charge in [-0.1, -0.05) is 0 Å². The minimum atomic E-state index is -0.371. The molecule has 1 heterocycles. The van der Waals surface area contributed by atoms with Crippen molar-refractivity contribution in [3.05, 3.63) is 41.7 Å². The number of nitrogens with two attached hydrogens (primary N) is 1. The highest BCUT2D eigenvalue weighted by molar-refractivity contribution is 5.88. The van der Waals surface area contributed by atoms with Gasteiger partial charge in [0.15, 0.2) is 0 Å². The van der Waals surface area contributed by atoms with Crippen LogP contribution in [-0.2, 0) is 4.74 Å². The number of esters is 1. The van der Waals surface area contributed by atoms with Gasteiger partial charge in [-0.15, -0.1) is 0 Å². The molecule has 0 aliphatic rings. The zero-order chi connectivity index (χ0) is 13.1. The molecule has 0 fully saturated rings. The van der Waals surface area contributed by atoms with Gasteiger partial charge in [0.05, 0.1) is 24.1 Å². The molecule has 0 saturated carbocycles. The van der Waals surface area contributed by atoms with E-state index in [1.165, 1.54) is 6.20 Å². The van der Waals surface area contributed by atoms with E-state index in [0.29, 0.717) is 17.9 Å². The molecular formula is C13H15N3O2. The number of carbonyl (C=O) groups excluding carboxylic acids is 1. The number of anilines is 1. The number of carbonyl (C=O) groups is 1. The van der Waals surface area contributed by atoms with Gasteiger partial charge in [0.2, 0.25) is 0 Å². The maximum Gasteiger partial charge on any atom is 0.341 e. The predicted molar refractivity (Wildman–Crippen MR) is 68.7 cm³/mol. The second kappa shape index (κ2) is 4.91. The molecule has 1 aromatic carbocycles. The van der Waals surface area contributed by atoms with Crippen LogP contribution in [0, 0.1) is 6.92 Å². The number of ether oxygens (including phenoxy) is 1. The van der Waals surface area contributed by atoms with E-state index in [-0.39, 0.29) is 5.97 Å². The van der Waals surface area contributed by atoms with Gasteiger partial charge in [0.25, 0.3) is 0 Å². The monoisotopic (exact) mass is 245 g/mol. The van der Waals surface area contributed by atoms with E-state index < -0.39 is 0 Å². The van der Waals surface area contributed by atoms with E-state index in [1.54, 1.807) is 23.9 Å². The Labute approximate surface area is 105 Å². The summed E-state index contributed by atoms with van der Waals surface area (Å²) >= 11 is 0. The lowest BCUT2D eigenvalue weighted by Gasteiger charge is -2.04. The second-order valence-corrected chi connectivity index (χ2v) is 4.00. The first kappa shape index (κ1) is 12.2. The van der Waals surface area contributed by atoms with Gasteiger partial charge >= 0.3 is 5.97 Å². The molecule has 1 aromatic heterocycles. The molecule has 0 amide bonds. The van der Waals surface area contributed by atoms with Crippen LogP contribution in [0.4, 0.5) is 5.69 Å². The lowest BCUT2D eigenvalue weighted by Crippen LogP contribution is -2.03. The maximum atomic E-state index is 11.5. The van der Waals surface area contributed by atoms with Crippen molar-refractivity contribution < 1.29 is 9.53 Å². The number of aromatic nitrogens is 2. The molecule has 94 valence electrons. The SMILES string of the molecule is CCOC(=O)c1cnn(-c2cc(C)cc(N)c2)c1. The molecule has 0 aliphatic carbocycles. The number of nitrogen functional groups attached to an aromatic ring is 1. The van der Waals surface area contributed by atoms with Crippen molar-refractivity contribution in [3.8, 4) is 5.69 Å². The van der Waals surface area contributed by atoms with Crippen LogP contribution in [0.5, 0.6) is 0 Å². The number of nitrogens with zero attached hydrogens (tertiary/aromatic N) is 2. The largest absolute Gasteiger partial charge is 0.462 e. The average molecular weight is 245 g/mol. The van der Waals surface area contributed by atoms with Crippen LogP contribution in [0.2, 0.25) is 0 Å². The number of aryl methyl sites for hydroxylation is 1. The first-order valence-corrected chi connectivity index (χ1v) is 5.69. The van der Waals surface area contributed by atoms with Crippen molar-refractivity contribution in [2.24, 2.45) is 0 Å². The lowest BCUT2D eigenvalue weighted by atomic mass is 10.2. The third kappa shape index (κ3) is 2.51. The van der Waals surface area contributed by atoms with Crippen molar-refractivity contribution in [1.82, 2.24) is 9.78 Å². The number of rotatable bonds is 3. The number of hydrogen-bond donors (Lipinski definition) is 1. The molecule has 18 heavy (non-hydrogen) atoms. The second-order valence-electron chi connectivity index (χ2n) is 4.00. The highest BCUT2D eigenvalue weighted by Crippen LogP contribution is 2.15. The van der Waals surface area contributed by atoms with Crippen LogP contribution in [-0.4, -0.2) is 22.4 Å². The zero-order valence-electron chi connectivity index (χ0n) is 10.4. The molecule has 0 atom stereocenters. The first-order valence-electron chi connectivity index (χ1n) is 5.69. The van der Waals surface area contributed by atoms with Crippen molar-refractivity contribution in [2.75, 3.05) is 12.3 Å². The quantitative estimate of drug-likeness (QED) is 0.662. The minimum Gasteiger partial charge on any atom is -0.462 e. The summed E-state index contributed by atoms with van der Waals surface area (Å²) < 4.78 is 6.51. The molecule has 2 N–H and O–H groups in total. The Morgan fingerprint density at radius 2 is 2.22 bits per heavy atom. The molecule has 2 aromatic rings. The maximum absolute atomic E-state index is 11.5. The zero-order valence-corrected chi connectivity index (χ0v) is 10.4. The van der Waals surface area contributed by atoms with Gasteiger partial charge < -0.3 is 10.5 Å². The van der Waals surface area contributed by atoms with Crippen molar-refractivity contribution in [3.63, 3.8) is 0 Å². The Morgan fingerprint density at radius 3 is 2.89 bits per heavy atom. The summed E-state index contributed by atoms with van der Waals surface area (Å²) in [6.45, 7) is 4.07. The average Bonchev–Trinajstić information content (AvgIpc) is 2.77. The molecule has 0 bridgehead atoms. The lowest BCUT2D eigenvalue weighted by molar-refractivity contribution is 0.0526. The summed E-state index contributed by atoms with van der Waals surface area (Å²) in [7, 11) is 0. The molecular weight excluding hydrogens is 230 g/mol. The minimum absolute atomic E-state index is 0.349. The number of benzene rings is 1. The molecule has 5 heteroatoms. The van der Waals surface area contributed by atoms with E-state index >= 15 is 0 Å². The summed E-state index contributed by atoms with van der Waals surface area (Å²) in [4.78, 5) is 11.5. The summed E-state index contributed by atoms with van der Waals surface area (Å²) in [5.41, 5.74) is 8.73. The van der Waals surface area contributed by atoms with E-state index in [0.717, 1.165) is 11.3 Å².